The molecule has 1 heterocycles. The summed E-state index contributed by atoms with van der Waals surface area (Å²) < 4.78 is 38.6. The number of guanidine groups is 1. The number of likely N-dealkylation sites (N-methyl/N-ethyl adjacent to an activating group) is 1. The van der Waals surface area contributed by atoms with Gasteiger partial charge in [0.25, 0.3) is 0 Å². The highest BCUT2D eigenvalue weighted by Crippen LogP contribution is 2.29. The van der Waals surface area contributed by atoms with Crippen molar-refractivity contribution in [2.24, 2.45) is 4.99 Å². The van der Waals surface area contributed by atoms with Crippen LogP contribution in [0.25, 0.3) is 0 Å². The Kier molecular flexibility index (Phi) is 7.82. The number of hydrogen-bond acceptors (Lipinski definition) is 3. The van der Waals surface area contributed by atoms with Crippen molar-refractivity contribution in [2.45, 2.75) is 31.6 Å². The smallest absolute Gasteiger partial charge is 0.353 e. The zero-order valence-electron chi connectivity index (χ0n) is 15.5. The predicted molar refractivity (Wildman–Crippen MR) is 103 cm³/mol. The van der Waals surface area contributed by atoms with Crippen LogP contribution in [-0.4, -0.2) is 55.0 Å². The van der Waals surface area contributed by atoms with Gasteiger partial charge in [-0.1, -0.05) is 12.1 Å². The summed E-state index contributed by atoms with van der Waals surface area (Å²) in [5.74, 6) is 2.39. The van der Waals surface area contributed by atoms with Gasteiger partial charge in [-0.05, 0) is 36.3 Å². The van der Waals surface area contributed by atoms with Crippen molar-refractivity contribution in [3.8, 4) is 0 Å². The van der Waals surface area contributed by atoms with Crippen molar-refractivity contribution in [3.63, 3.8) is 0 Å². The molecule has 0 bridgehead atoms. The van der Waals surface area contributed by atoms with Gasteiger partial charge >= 0.3 is 6.18 Å². The number of nitrogens with one attached hydrogen (secondary N) is 2. The molecule has 2 N–H and O–H groups in total. The van der Waals surface area contributed by atoms with E-state index in [-0.39, 0.29) is 25.0 Å². The second-order valence-electron chi connectivity index (χ2n) is 6.56. The third-order valence-corrected chi connectivity index (χ3v) is 5.30. The van der Waals surface area contributed by atoms with E-state index in [1.54, 1.807) is 20.2 Å². The van der Waals surface area contributed by atoms with Crippen LogP contribution in [0.2, 0.25) is 0 Å². The Bertz CT molecular complexity index is 658. The van der Waals surface area contributed by atoms with Gasteiger partial charge in [-0.25, -0.2) is 4.99 Å². The molecule has 5 nitrogen and oxygen atoms in total. The first-order valence-electron chi connectivity index (χ1n) is 8.74. The molecule has 1 aliphatic heterocycles. The third-order valence-electron chi connectivity index (χ3n) is 4.08. The van der Waals surface area contributed by atoms with Crippen molar-refractivity contribution in [3.05, 3.63) is 35.4 Å². The number of alkyl halides is 3. The van der Waals surface area contributed by atoms with Gasteiger partial charge < -0.3 is 15.5 Å². The van der Waals surface area contributed by atoms with Gasteiger partial charge in [-0.3, -0.25) is 4.79 Å². The van der Waals surface area contributed by atoms with Crippen LogP contribution >= 0.6 is 11.8 Å². The van der Waals surface area contributed by atoms with E-state index in [1.807, 2.05) is 11.8 Å². The lowest BCUT2D eigenvalue weighted by molar-refractivity contribution is -0.137. The van der Waals surface area contributed by atoms with Crippen molar-refractivity contribution < 1.29 is 18.0 Å². The number of halogens is 3. The second kappa shape index (κ2) is 9.87. The fourth-order valence-electron chi connectivity index (χ4n) is 2.53. The molecule has 0 saturated carbocycles. The first kappa shape index (κ1) is 21.4. The molecule has 27 heavy (non-hydrogen) atoms. The maximum atomic E-state index is 12.9. The molecule has 2 rings (SSSR count). The van der Waals surface area contributed by atoms with Crippen LogP contribution in [0.1, 0.15) is 24.0 Å². The Morgan fingerprint density at radius 3 is 2.78 bits per heavy atom. The fraction of sp³-hybridized carbons (Fsp3) is 0.556. The molecule has 0 aromatic heterocycles. The Morgan fingerprint density at radius 2 is 2.15 bits per heavy atom. The monoisotopic (exact) mass is 402 g/mol. The van der Waals surface area contributed by atoms with Crippen LogP contribution in [0.5, 0.6) is 0 Å². The summed E-state index contributed by atoms with van der Waals surface area (Å²) in [6.07, 6.45) is -2.28. The highest BCUT2D eigenvalue weighted by molar-refractivity contribution is 7.99. The molecule has 1 aromatic rings. The summed E-state index contributed by atoms with van der Waals surface area (Å²) in [4.78, 5) is 17.7. The largest absolute Gasteiger partial charge is 0.416 e. The van der Waals surface area contributed by atoms with Crippen LogP contribution in [-0.2, 0) is 17.5 Å². The molecule has 1 unspecified atom stereocenters. The number of carbonyl (C=O) groups excluding carboxylic acids is 1. The van der Waals surface area contributed by atoms with E-state index in [9.17, 15) is 18.0 Å². The van der Waals surface area contributed by atoms with Gasteiger partial charge in [-0.15, -0.1) is 0 Å². The summed E-state index contributed by atoms with van der Waals surface area (Å²) in [7, 11) is 3.32. The van der Waals surface area contributed by atoms with Gasteiger partial charge in [0.15, 0.2) is 5.96 Å². The maximum Gasteiger partial charge on any atom is 0.416 e. The number of benzene rings is 1. The first-order valence-corrected chi connectivity index (χ1v) is 9.90. The minimum absolute atomic E-state index is 0.0707. The normalized spacial score (nSPS) is 18.1. The van der Waals surface area contributed by atoms with Crippen molar-refractivity contribution in [1.82, 2.24) is 15.5 Å². The van der Waals surface area contributed by atoms with Crippen molar-refractivity contribution in [1.29, 1.82) is 0 Å². The number of nitrogens with zero attached hydrogens (tertiary/aromatic N) is 2. The van der Waals surface area contributed by atoms with E-state index >= 15 is 0 Å². The Hall–Kier alpha value is -1.90. The van der Waals surface area contributed by atoms with Gasteiger partial charge in [0.05, 0.1) is 18.7 Å². The number of rotatable bonds is 5. The van der Waals surface area contributed by atoms with Crippen LogP contribution in [0.3, 0.4) is 0 Å². The van der Waals surface area contributed by atoms with Gasteiger partial charge in [0, 0.05) is 25.9 Å². The summed E-state index contributed by atoms with van der Waals surface area (Å²) in [5, 5.41) is 6.27. The van der Waals surface area contributed by atoms with E-state index in [0.29, 0.717) is 11.5 Å². The van der Waals surface area contributed by atoms with Gasteiger partial charge in [0.2, 0.25) is 5.91 Å². The molecule has 1 aliphatic rings. The molecule has 1 atom stereocenters. The van der Waals surface area contributed by atoms with Crippen LogP contribution in [0.4, 0.5) is 13.2 Å². The topological polar surface area (TPSA) is 56.7 Å². The Balaban J connectivity index is 2.07. The second-order valence-corrected chi connectivity index (χ2v) is 7.71. The maximum absolute atomic E-state index is 12.9. The van der Waals surface area contributed by atoms with E-state index in [1.165, 1.54) is 11.0 Å². The predicted octanol–water partition coefficient (Wildman–Crippen LogP) is 2.72. The number of amides is 1. The standard InChI is InChI=1S/C18H25F3N4OS/c1-25(2)16(26)11-23-17(24-15-7-4-8-27-12-15)22-10-13-5-3-6-14(9-13)18(19,20)21/h3,5-6,9,15H,4,7-8,10-12H2,1-2H3,(H2,22,23,24). The van der Waals surface area contributed by atoms with Crippen molar-refractivity contribution in [2.75, 3.05) is 32.1 Å². The van der Waals surface area contributed by atoms with E-state index in [2.05, 4.69) is 15.6 Å². The molecule has 9 heteroatoms. The highest BCUT2D eigenvalue weighted by atomic mass is 32.2. The van der Waals surface area contributed by atoms with E-state index in [4.69, 9.17) is 0 Å². The molecule has 0 aliphatic carbocycles. The lowest BCUT2D eigenvalue weighted by Crippen LogP contribution is -2.48. The summed E-state index contributed by atoms with van der Waals surface area (Å²) >= 11 is 1.85. The highest BCUT2D eigenvalue weighted by Gasteiger charge is 2.30. The third kappa shape index (κ3) is 7.32. The number of hydrogen-bond donors (Lipinski definition) is 2. The fourth-order valence-corrected chi connectivity index (χ4v) is 3.61. The van der Waals surface area contributed by atoms with E-state index in [0.717, 1.165) is 36.5 Å². The van der Waals surface area contributed by atoms with Gasteiger partial charge in [0.1, 0.15) is 0 Å². The number of thioether (sulfide) groups is 1. The molecule has 0 radical (unpaired) electrons. The number of aliphatic imine (C=N–C) groups is 1. The summed E-state index contributed by atoms with van der Waals surface area (Å²) in [6.45, 7) is 0.163. The lowest BCUT2D eigenvalue weighted by Gasteiger charge is -2.25. The molecule has 1 amide bonds. The molecule has 150 valence electrons. The zero-order chi connectivity index (χ0) is 19.9. The average molecular weight is 402 g/mol. The zero-order valence-corrected chi connectivity index (χ0v) is 16.3. The first-order chi connectivity index (χ1) is 12.8. The van der Waals surface area contributed by atoms with Crippen LogP contribution in [0, 0.1) is 0 Å². The molecule has 1 saturated heterocycles. The SMILES string of the molecule is CN(C)C(=O)CNC(=NCc1cccc(C(F)(F)F)c1)NC1CCCSC1. The molecular formula is C18H25F3N4OS. The Morgan fingerprint density at radius 1 is 1.37 bits per heavy atom. The van der Waals surface area contributed by atoms with E-state index < -0.39 is 11.7 Å². The van der Waals surface area contributed by atoms with Gasteiger partial charge in [-0.2, -0.15) is 24.9 Å². The average Bonchev–Trinajstić information content (AvgIpc) is 2.64. The number of carbonyl (C=O) groups is 1. The minimum Gasteiger partial charge on any atom is -0.353 e. The quantitative estimate of drug-likeness (QED) is 0.587. The summed E-state index contributed by atoms with van der Waals surface area (Å²) in [6, 6.07) is 5.35. The van der Waals surface area contributed by atoms with Crippen molar-refractivity contribution >= 4 is 23.6 Å². The minimum atomic E-state index is -4.38. The molecule has 0 spiro atoms. The lowest BCUT2D eigenvalue weighted by atomic mass is 10.1. The Labute approximate surface area is 161 Å². The summed E-state index contributed by atoms with van der Waals surface area (Å²) in [5.41, 5.74) is -0.230. The molecule has 1 aromatic carbocycles. The van der Waals surface area contributed by atoms with Crippen LogP contribution in [0.15, 0.2) is 29.3 Å². The molecular weight excluding hydrogens is 377 g/mol. The van der Waals surface area contributed by atoms with Crippen LogP contribution < -0.4 is 10.6 Å². The molecule has 1 fully saturated rings.